The van der Waals surface area contributed by atoms with E-state index in [0.717, 1.165) is 11.1 Å². The first-order valence-electron chi connectivity index (χ1n) is 8.89. The van der Waals surface area contributed by atoms with Gasteiger partial charge in [0.25, 0.3) is 0 Å². The number of rotatable bonds is 6. The van der Waals surface area contributed by atoms with Crippen LogP contribution in [0.3, 0.4) is 0 Å². The lowest BCUT2D eigenvalue weighted by atomic mass is 9.97. The molecule has 0 radical (unpaired) electrons. The Morgan fingerprint density at radius 1 is 0.393 bits per heavy atom. The lowest BCUT2D eigenvalue weighted by Gasteiger charge is -2.11. The maximum Gasteiger partial charge on any atom is 0.157 e. The maximum atomic E-state index is 10.1. The van der Waals surface area contributed by atoms with Crippen molar-refractivity contribution in [2.45, 2.75) is 25.7 Å². The third kappa shape index (κ3) is 4.40. The highest BCUT2D eigenvalue weighted by atomic mass is 16.3. The van der Waals surface area contributed by atoms with Crippen molar-refractivity contribution < 1.29 is 30.6 Å². The Balaban J connectivity index is 1.72. The second-order valence-corrected chi connectivity index (χ2v) is 6.76. The number of benzene rings is 3. The van der Waals surface area contributed by atoms with Crippen molar-refractivity contribution in [2.24, 2.45) is 0 Å². The third-order valence-corrected chi connectivity index (χ3v) is 4.73. The van der Waals surface area contributed by atoms with Crippen molar-refractivity contribution in [1.82, 2.24) is 0 Å². The molecule has 6 N–H and O–H groups in total. The molecule has 0 unspecified atom stereocenters. The van der Waals surface area contributed by atoms with Crippen LogP contribution < -0.4 is 0 Å². The number of aromatic hydroxyl groups is 6. The summed E-state index contributed by atoms with van der Waals surface area (Å²) in [5.74, 6) is -0.758. The van der Waals surface area contributed by atoms with Crippen molar-refractivity contribution in [3.8, 4) is 34.5 Å². The minimum atomic E-state index is -0.190. The summed E-state index contributed by atoms with van der Waals surface area (Å²) in [6.07, 6.45) is 2.06. The molecule has 0 saturated heterocycles. The van der Waals surface area contributed by atoms with Gasteiger partial charge in [-0.2, -0.15) is 0 Å². The molecule has 6 heteroatoms. The zero-order valence-electron chi connectivity index (χ0n) is 15.1. The molecule has 0 aromatic heterocycles. The molecule has 0 heterocycles. The van der Waals surface area contributed by atoms with Crippen LogP contribution in [0.15, 0.2) is 48.5 Å². The van der Waals surface area contributed by atoms with Gasteiger partial charge >= 0.3 is 0 Å². The monoisotopic (exact) mass is 382 g/mol. The van der Waals surface area contributed by atoms with E-state index in [2.05, 4.69) is 0 Å². The van der Waals surface area contributed by atoms with E-state index in [1.165, 1.54) is 30.3 Å². The number of aryl methyl sites for hydroxylation is 4. The molecule has 0 amide bonds. The van der Waals surface area contributed by atoms with Gasteiger partial charge in [-0.1, -0.05) is 12.1 Å². The third-order valence-electron chi connectivity index (χ3n) is 4.73. The minimum Gasteiger partial charge on any atom is -0.508 e. The summed E-state index contributed by atoms with van der Waals surface area (Å²) in [5, 5.41) is 58.2. The van der Waals surface area contributed by atoms with Crippen LogP contribution in [-0.2, 0) is 25.7 Å². The Bertz CT molecular complexity index is 920. The van der Waals surface area contributed by atoms with Gasteiger partial charge < -0.3 is 30.6 Å². The fourth-order valence-electron chi connectivity index (χ4n) is 3.08. The fraction of sp³-hybridized carbons (Fsp3) is 0.182. The topological polar surface area (TPSA) is 121 Å². The Hall–Kier alpha value is -3.54. The highest BCUT2D eigenvalue weighted by molar-refractivity contribution is 5.47. The van der Waals surface area contributed by atoms with E-state index < -0.39 is 0 Å². The summed E-state index contributed by atoms with van der Waals surface area (Å²) in [4.78, 5) is 0. The number of phenolic OH excluding ortho intramolecular Hbond substituents is 6. The van der Waals surface area contributed by atoms with Crippen LogP contribution in [0, 0.1) is 0 Å². The molecule has 3 aromatic rings. The highest BCUT2D eigenvalue weighted by Gasteiger charge is 2.11. The highest BCUT2D eigenvalue weighted by Crippen LogP contribution is 2.31. The minimum absolute atomic E-state index is 0.00784. The molecule has 3 rings (SSSR count). The van der Waals surface area contributed by atoms with E-state index >= 15 is 0 Å². The van der Waals surface area contributed by atoms with Crippen molar-refractivity contribution in [1.29, 1.82) is 0 Å². The fourth-order valence-corrected chi connectivity index (χ4v) is 3.08. The van der Waals surface area contributed by atoms with Gasteiger partial charge in [0.1, 0.15) is 11.5 Å². The molecule has 0 bridgehead atoms. The second-order valence-electron chi connectivity index (χ2n) is 6.76. The number of phenols is 6. The zero-order chi connectivity index (χ0) is 20.3. The van der Waals surface area contributed by atoms with Crippen LogP contribution in [-0.4, -0.2) is 30.6 Å². The SMILES string of the molecule is Oc1ccc(CCc2cc(CCc3ccc(O)c(O)c3)c(O)cc2O)cc1O. The first kappa shape index (κ1) is 19.2. The largest absolute Gasteiger partial charge is 0.508 e. The molecule has 0 spiro atoms. The molecular weight excluding hydrogens is 360 g/mol. The van der Waals surface area contributed by atoms with Gasteiger partial charge in [0.05, 0.1) is 0 Å². The summed E-state index contributed by atoms with van der Waals surface area (Å²) in [7, 11) is 0. The van der Waals surface area contributed by atoms with Gasteiger partial charge in [-0.05, 0) is 78.3 Å². The van der Waals surface area contributed by atoms with E-state index in [1.807, 2.05) is 0 Å². The van der Waals surface area contributed by atoms with Crippen molar-refractivity contribution in [3.63, 3.8) is 0 Å². The van der Waals surface area contributed by atoms with Crippen LogP contribution in [0.25, 0.3) is 0 Å². The Morgan fingerprint density at radius 2 is 0.821 bits per heavy atom. The first-order chi connectivity index (χ1) is 13.3. The maximum absolute atomic E-state index is 10.1. The summed E-state index contributed by atoms with van der Waals surface area (Å²) >= 11 is 0. The van der Waals surface area contributed by atoms with Gasteiger partial charge in [-0.3, -0.25) is 0 Å². The lowest BCUT2D eigenvalue weighted by Crippen LogP contribution is -1.97. The zero-order valence-corrected chi connectivity index (χ0v) is 15.1. The molecule has 146 valence electrons. The standard InChI is InChI=1S/C22H22O6/c23-17-7-3-13(9-21(17)27)1-5-15-11-16(20(26)12-19(15)25)6-2-14-4-8-18(24)22(28)10-14/h3-4,7-12,23-28H,1-2,5-6H2. The molecule has 6 nitrogen and oxygen atoms in total. The molecule has 0 aliphatic carbocycles. The van der Waals surface area contributed by atoms with E-state index in [1.54, 1.807) is 18.2 Å². The quantitative estimate of drug-likeness (QED) is 0.363. The Morgan fingerprint density at radius 3 is 1.21 bits per heavy atom. The van der Waals surface area contributed by atoms with Gasteiger partial charge in [-0.25, -0.2) is 0 Å². The van der Waals surface area contributed by atoms with Gasteiger partial charge in [0.15, 0.2) is 23.0 Å². The molecule has 0 atom stereocenters. The van der Waals surface area contributed by atoms with E-state index in [4.69, 9.17) is 0 Å². The van der Waals surface area contributed by atoms with E-state index in [0.29, 0.717) is 36.8 Å². The number of hydrogen-bond donors (Lipinski definition) is 6. The smallest absolute Gasteiger partial charge is 0.157 e. The summed E-state index contributed by atoms with van der Waals surface area (Å²) in [5.41, 5.74) is 2.94. The normalized spacial score (nSPS) is 10.9. The van der Waals surface area contributed by atoms with E-state index in [-0.39, 0.29) is 34.5 Å². The Labute approximate surface area is 162 Å². The van der Waals surface area contributed by atoms with Crippen molar-refractivity contribution in [3.05, 3.63) is 70.8 Å². The molecule has 3 aromatic carbocycles. The average molecular weight is 382 g/mol. The van der Waals surface area contributed by atoms with Gasteiger partial charge in [-0.15, -0.1) is 0 Å². The van der Waals surface area contributed by atoms with Gasteiger partial charge in [0.2, 0.25) is 0 Å². The predicted octanol–water partition coefficient (Wildman–Crippen LogP) is 3.49. The van der Waals surface area contributed by atoms with E-state index in [9.17, 15) is 30.6 Å². The molecule has 0 aliphatic rings. The molecule has 0 fully saturated rings. The van der Waals surface area contributed by atoms with Crippen LogP contribution in [0.1, 0.15) is 22.3 Å². The Kier molecular flexibility index (Phi) is 5.49. The lowest BCUT2D eigenvalue weighted by molar-refractivity contribution is 0.403. The number of hydrogen-bond acceptors (Lipinski definition) is 6. The average Bonchev–Trinajstić information content (AvgIpc) is 2.65. The first-order valence-corrected chi connectivity index (χ1v) is 8.89. The van der Waals surface area contributed by atoms with Crippen molar-refractivity contribution >= 4 is 0 Å². The summed E-state index contributed by atoms with van der Waals surface area (Å²) < 4.78 is 0. The molecule has 0 aliphatic heterocycles. The summed E-state index contributed by atoms with van der Waals surface area (Å²) in [6, 6.07) is 12.2. The van der Waals surface area contributed by atoms with Crippen LogP contribution in [0.4, 0.5) is 0 Å². The summed E-state index contributed by atoms with van der Waals surface area (Å²) in [6.45, 7) is 0. The predicted molar refractivity (Wildman–Crippen MR) is 104 cm³/mol. The molecular formula is C22H22O6. The molecule has 28 heavy (non-hydrogen) atoms. The van der Waals surface area contributed by atoms with Crippen LogP contribution >= 0.6 is 0 Å². The van der Waals surface area contributed by atoms with Gasteiger partial charge in [0, 0.05) is 6.07 Å². The second kappa shape index (κ2) is 8.00. The van der Waals surface area contributed by atoms with Crippen LogP contribution in [0.5, 0.6) is 34.5 Å². The van der Waals surface area contributed by atoms with Crippen LogP contribution in [0.2, 0.25) is 0 Å². The molecule has 0 saturated carbocycles. The van der Waals surface area contributed by atoms with Crippen molar-refractivity contribution in [2.75, 3.05) is 0 Å².